The Hall–Kier alpha value is -4.26. The maximum atomic E-state index is 12.9. The topological polar surface area (TPSA) is 100 Å². The van der Waals surface area contributed by atoms with Crippen LogP contribution in [0.5, 0.6) is 0 Å². The molecule has 2 aromatic carbocycles. The number of anilines is 1. The Morgan fingerprint density at radius 2 is 1.84 bits per heavy atom. The number of benzene rings is 2. The van der Waals surface area contributed by atoms with Crippen LogP contribution in [0.1, 0.15) is 44.7 Å². The van der Waals surface area contributed by atoms with Crippen molar-refractivity contribution in [3.8, 4) is 0 Å². The molecule has 4 rings (SSSR count). The van der Waals surface area contributed by atoms with Crippen molar-refractivity contribution < 1.29 is 23.9 Å². The van der Waals surface area contributed by atoms with Crippen molar-refractivity contribution >= 4 is 35.1 Å². The van der Waals surface area contributed by atoms with Crippen LogP contribution in [0.3, 0.4) is 0 Å². The van der Waals surface area contributed by atoms with Gasteiger partial charge in [-0.25, -0.2) is 4.79 Å². The van der Waals surface area contributed by atoms with E-state index in [0.29, 0.717) is 22.7 Å². The summed E-state index contributed by atoms with van der Waals surface area (Å²) in [5.41, 5.74) is 3.15. The third-order valence-electron chi connectivity index (χ3n) is 5.04. The maximum Gasteiger partial charge on any atom is 0.335 e. The second kappa shape index (κ2) is 8.47. The van der Waals surface area contributed by atoms with Crippen LogP contribution < -0.4 is 5.01 Å². The summed E-state index contributed by atoms with van der Waals surface area (Å²) < 4.78 is 5.67. The lowest BCUT2D eigenvalue weighted by molar-refractivity contribution is -0.114. The Labute approximate surface area is 184 Å². The summed E-state index contributed by atoms with van der Waals surface area (Å²) in [7, 11) is 0. The molecule has 0 spiro atoms. The molecule has 7 heteroatoms. The smallest absolute Gasteiger partial charge is 0.335 e. The summed E-state index contributed by atoms with van der Waals surface area (Å²) in [5.74, 6) is -1.08. The van der Waals surface area contributed by atoms with E-state index in [-0.39, 0.29) is 23.5 Å². The Kier molecular flexibility index (Phi) is 5.55. The van der Waals surface area contributed by atoms with Crippen LogP contribution in [0.25, 0.3) is 6.08 Å². The van der Waals surface area contributed by atoms with E-state index in [0.717, 1.165) is 16.1 Å². The average Bonchev–Trinajstić information content (AvgIpc) is 3.34. The summed E-state index contributed by atoms with van der Waals surface area (Å²) in [4.78, 5) is 36.7. The number of aromatic carboxylic acids is 1. The van der Waals surface area contributed by atoms with Crippen molar-refractivity contribution in [1.82, 2.24) is 0 Å². The molecule has 0 bridgehead atoms. The molecule has 1 aliphatic heterocycles. The molecule has 160 valence electrons. The molecule has 0 saturated carbocycles. The molecule has 1 aromatic heterocycles. The summed E-state index contributed by atoms with van der Waals surface area (Å²) in [6, 6.07) is 16.9. The van der Waals surface area contributed by atoms with E-state index in [4.69, 9.17) is 4.42 Å². The summed E-state index contributed by atoms with van der Waals surface area (Å²) in [6.07, 6.45) is 1.75. The number of ketones is 1. The normalized spacial score (nSPS) is 14.7. The van der Waals surface area contributed by atoms with E-state index in [1.165, 1.54) is 18.2 Å². The number of carbonyl (C=O) groups excluding carboxylic acids is 2. The first-order chi connectivity index (χ1) is 15.3. The van der Waals surface area contributed by atoms with E-state index >= 15 is 0 Å². The van der Waals surface area contributed by atoms with Crippen molar-refractivity contribution in [2.75, 3.05) is 5.01 Å². The summed E-state index contributed by atoms with van der Waals surface area (Å²) in [5, 5.41) is 14.6. The van der Waals surface area contributed by atoms with Gasteiger partial charge in [-0.1, -0.05) is 35.9 Å². The van der Waals surface area contributed by atoms with Gasteiger partial charge in [0, 0.05) is 6.42 Å². The number of amides is 1. The molecule has 0 radical (unpaired) electrons. The second-order valence-corrected chi connectivity index (χ2v) is 7.51. The monoisotopic (exact) mass is 428 g/mol. The fourth-order valence-electron chi connectivity index (χ4n) is 3.45. The lowest BCUT2D eigenvalue weighted by Crippen LogP contribution is -2.21. The van der Waals surface area contributed by atoms with Gasteiger partial charge in [0.15, 0.2) is 5.76 Å². The van der Waals surface area contributed by atoms with Gasteiger partial charge in [-0.2, -0.15) is 10.1 Å². The molecule has 7 nitrogen and oxygen atoms in total. The first-order valence-electron chi connectivity index (χ1n) is 9.95. The number of rotatable bonds is 6. The van der Waals surface area contributed by atoms with Gasteiger partial charge in [0.1, 0.15) is 5.76 Å². The first kappa shape index (κ1) is 21.0. The zero-order valence-corrected chi connectivity index (χ0v) is 17.5. The molecule has 0 aliphatic carbocycles. The predicted octanol–water partition coefficient (Wildman–Crippen LogP) is 4.52. The second-order valence-electron chi connectivity index (χ2n) is 7.51. The van der Waals surface area contributed by atoms with Gasteiger partial charge in [0.25, 0.3) is 5.91 Å². The van der Waals surface area contributed by atoms with Gasteiger partial charge in [0.05, 0.1) is 22.5 Å². The molecule has 0 saturated heterocycles. The molecular formula is C25H20N2O5. The van der Waals surface area contributed by atoms with Crippen molar-refractivity contribution in [1.29, 1.82) is 0 Å². The number of hydrogen-bond acceptors (Lipinski definition) is 5. The van der Waals surface area contributed by atoms with Gasteiger partial charge >= 0.3 is 5.97 Å². The van der Waals surface area contributed by atoms with Crippen LogP contribution in [0.4, 0.5) is 5.69 Å². The van der Waals surface area contributed by atoms with Crippen LogP contribution in [-0.4, -0.2) is 28.5 Å². The van der Waals surface area contributed by atoms with Gasteiger partial charge in [-0.05, 0) is 55.8 Å². The molecule has 0 unspecified atom stereocenters. The lowest BCUT2D eigenvalue weighted by atomic mass is 10.1. The number of hydrogen-bond donors (Lipinski definition) is 1. The molecule has 0 fully saturated rings. The minimum absolute atomic E-state index is 0.0587. The van der Waals surface area contributed by atoms with Crippen LogP contribution >= 0.6 is 0 Å². The SMILES string of the molecule is CC1=NN(c2cccc(C(=O)O)c2)C(=O)/C1=C\c1ccc(C(=O)Cc2cccc(C)c2)o1. The average molecular weight is 428 g/mol. The standard InChI is InChI=1S/C25H20N2O5/c1-15-5-3-6-17(11-15)12-22(28)23-10-9-20(32-23)14-21-16(2)26-27(24(21)29)19-8-4-7-18(13-19)25(30)31/h3-11,13-14H,12H2,1-2H3,(H,30,31)/b21-14-. The minimum Gasteiger partial charge on any atom is -0.478 e. The zero-order valence-electron chi connectivity index (χ0n) is 17.5. The van der Waals surface area contributed by atoms with Crippen molar-refractivity contribution in [2.24, 2.45) is 5.10 Å². The third kappa shape index (κ3) is 4.27. The van der Waals surface area contributed by atoms with Crippen LogP contribution in [0.15, 0.2) is 75.8 Å². The Bertz CT molecular complexity index is 1300. The van der Waals surface area contributed by atoms with Gasteiger partial charge in [-0.15, -0.1) is 0 Å². The van der Waals surface area contributed by atoms with E-state index < -0.39 is 11.9 Å². The molecule has 32 heavy (non-hydrogen) atoms. The highest BCUT2D eigenvalue weighted by Gasteiger charge is 2.29. The van der Waals surface area contributed by atoms with Gasteiger partial charge in [-0.3, -0.25) is 9.59 Å². The number of Topliss-reactive ketones (excluding diaryl/α,β-unsaturated/α-hetero) is 1. The Morgan fingerprint density at radius 1 is 1.06 bits per heavy atom. The van der Waals surface area contributed by atoms with E-state index in [2.05, 4.69) is 5.10 Å². The number of aryl methyl sites for hydroxylation is 1. The number of hydrazone groups is 1. The molecule has 1 aliphatic rings. The summed E-state index contributed by atoms with van der Waals surface area (Å²) in [6.45, 7) is 3.65. The van der Waals surface area contributed by atoms with Crippen molar-refractivity contribution in [2.45, 2.75) is 20.3 Å². The highest BCUT2D eigenvalue weighted by atomic mass is 16.4. The minimum atomic E-state index is -1.09. The predicted molar refractivity (Wildman–Crippen MR) is 120 cm³/mol. The Balaban J connectivity index is 1.53. The summed E-state index contributed by atoms with van der Waals surface area (Å²) >= 11 is 0. The number of carbonyl (C=O) groups is 3. The molecule has 3 aromatic rings. The molecule has 0 atom stereocenters. The van der Waals surface area contributed by atoms with Crippen LogP contribution in [0, 0.1) is 6.92 Å². The van der Waals surface area contributed by atoms with Gasteiger partial charge < -0.3 is 9.52 Å². The van der Waals surface area contributed by atoms with E-state index in [9.17, 15) is 19.5 Å². The largest absolute Gasteiger partial charge is 0.478 e. The number of carboxylic acids is 1. The van der Waals surface area contributed by atoms with E-state index in [1.54, 1.807) is 31.2 Å². The zero-order chi connectivity index (χ0) is 22.8. The van der Waals surface area contributed by atoms with Crippen LogP contribution in [0.2, 0.25) is 0 Å². The van der Waals surface area contributed by atoms with E-state index in [1.807, 2.05) is 31.2 Å². The first-order valence-corrected chi connectivity index (χ1v) is 9.95. The number of nitrogens with zero attached hydrogens (tertiary/aromatic N) is 2. The third-order valence-corrected chi connectivity index (χ3v) is 5.04. The van der Waals surface area contributed by atoms with Crippen LogP contribution in [-0.2, 0) is 11.2 Å². The number of carboxylic acid groups (broad SMARTS) is 1. The Morgan fingerprint density at radius 3 is 2.59 bits per heavy atom. The maximum absolute atomic E-state index is 12.9. The number of furan rings is 1. The molecule has 1 N–H and O–H groups in total. The quantitative estimate of drug-likeness (QED) is 0.460. The molecular weight excluding hydrogens is 408 g/mol. The van der Waals surface area contributed by atoms with Crippen molar-refractivity contribution in [3.05, 3.63) is 94.4 Å². The molecule has 1 amide bonds. The highest BCUT2D eigenvalue weighted by Crippen LogP contribution is 2.26. The fourth-order valence-corrected chi connectivity index (χ4v) is 3.45. The molecule has 2 heterocycles. The van der Waals surface area contributed by atoms with Crippen molar-refractivity contribution in [3.63, 3.8) is 0 Å². The highest BCUT2D eigenvalue weighted by molar-refractivity contribution is 6.32. The fraction of sp³-hybridized carbons (Fsp3) is 0.120. The lowest BCUT2D eigenvalue weighted by Gasteiger charge is -2.12. The van der Waals surface area contributed by atoms with Gasteiger partial charge in [0.2, 0.25) is 5.78 Å².